The van der Waals surface area contributed by atoms with Gasteiger partial charge in [-0.15, -0.1) is 5.10 Å². The predicted octanol–water partition coefficient (Wildman–Crippen LogP) is 0.513. The second kappa shape index (κ2) is 3.70. The summed E-state index contributed by atoms with van der Waals surface area (Å²) in [5, 5.41) is 8.02. The normalized spacial score (nSPS) is 11.1. The molecule has 0 aromatic carbocycles. The zero-order valence-corrected chi connectivity index (χ0v) is 9.62. The van der Waals surface area contributed by atoms with Crippen molar-refractivity contribution >= 4 is 28.9 Å². The maximum absolute atomic E-state index is 5.60. The van der Waals surface area contributed by atoms with E-state index < -0.39 is 0 Å². The van der Waals surface area contributed by atoms with E-state index in [9.17, 15) is 0 Å². The lowest BCUT2D eigenvalue weighted by Gasteiger charge is -1.98. The van der Waals surface area contributed by atoms with E-state index in [0.717, 1.165) is 11.3 Å². The van der Waals surface area contributed by atoms with E-state index in [-0.39, 0.29) is 5.95 Å². The molecule has 0 unspecified atom stereocenters. The second-order valence-electron chi connectivity index (χ2n) is 3.29. The van der Waals surface area contributed by atoms with Crippen molar-refractivity contribution in [1.29, 1.82) is 0 Å². The van der Waals surface area contributed by atoms with E-state index in [0.29, 0.717) is 15.8 Å². The van der Waals surface area contributed by atoms with Gasteiger partial charge in [-0.3, -0.25) is 5.10 Å². The third-order valence-corrected chi connectivity index (χ3v) is 2.89. The average molecular weight is 248 g/mol. The van der Waals surface area contributed by atoms with Crippen LogP contribution in [-0.2, 0) is 0 Å². The van der Waals surface area contributed by atoms with Crippen LogP contribution in [0.15, 0.2) is 16.5 Å². The molecule has 0 fully saturated rings. The molecule has 3 rings (SSSR count). The highest BCUT2D eigenvalue weighted by Crippen LogP contribution is 2.27. The van der Waals surface area contributed by atoms with Gasteiger partial charge in [0.25, 0.3) is 0 Å². The molecule has 3 aromatic rings. The number of hydrogen-bond acceptors (Lipinski definition) is 7. The number of hydrogen-bond donors (Lipinski definition) is 3. The fourth-order valence-corrected chi connectivity index (χ4v) is 2.19. The quantitative estimate of drug-likeness (QED) is 0.565. The SMILES string of the molecule is Cc1nc(Sc2nc(N)nc3nc[nH]c23)n[nH]1. The number of anilines is 1. The Hall–Kier alpha value is -2.16. The monoisotopic (exact) mass is 248 g/mol. The van der Waals surface area contributed by atoms with Gasteiger partial charge in [0, 0.05) is 0 Å². The first-order valence-electron chi connectivity index (χ1n) is 4.76. The number of imidazole rings is 1. The molecule has 0 spiro atoms. The predicted molar refractivity (Wildman–Crippen MR) is 61.3 cm³/mol. The topological polar surface area (TPSA) is 122 Å². The Morgan fingerprint density at radius 3 is 2.94 bits per heavy atom. The number of rotatable bonds is 2. The number of nitrogen functional groups attached to an aromatic ring is 1. The maximum atomic E-state index is 5.60. The van der Waals surface area contributed by atoms with E-state index in [1.54, 1.807) is 6.33 Å². The standard InChI is InChI=1S/C8H8N8S/c1-3-12-8(16-15-3)17-6-4-5(11-2-10-4)13-7(9)14-6/h2H,1H3,(H,12,15,16)(H3,9,10,11,13,14). The third kappa shape index (κ3) is 1.80. The van der Waals surface area contributed by atoms with Crippen LogP contribution in [0.3, 0.4) is 0 Å². The number of nitrogens with one attached hydrogen (secondary N) is 2. The summed E-state index contributed by atoms with van der Waals surface area (Å²) in [6.45, 7) is 1.83. The van der Waals surface area contributed by atoms with Crippen molar-refractivity contribution in [1.82, 2.24) is 35.1 Å². The van der Waals surface area contributed by atoms with Crippen LogP contribution in [0.4, 0.5) is 5.95 Å². The van der Waals surface area contributed by atoms with Gasteiger partial charge < -0.3 is 10.7 Å². The highest BCUT2D eigenvalue weighted by molar-refractivity contribution is 7.99. The molecule has 0 atom stereocenters. The summed E-state index contributed by atoms with van der Waals surface area (Å²) in [4.78, 5) is 19.3. The van der Waals surface area contributed by atoms with Crippen molar-refractivity contribution in [3.63, 3.8) is 0 Å². The van der Waals surface area contributed by atoms with E-state index in [1.165, 1.54) is 11.8 Å². The van der Waals surface area contributed by atoms with Gasteiger partial charge in [0.15, 0.2) is 5.65 Å². The van der Waals surface area contributed by atoms with Crippen LogP contribution >= 0.6 is 11.8 Å². The van der Waals surface area contributed by atoms with Gasteiger partial charge in [-0.1, -0.05) is 0 Å². The molecular formula is C8H8N8S. The van der Waals surface area contributed by atoms with E-state index in [2.05, 4.69) is 35.1 Å². The summed E-state index contributed by atoms with van der Waals surface area (Å²) in [7, 11) is 0. The molecule has 0 aliphatic carbocycles. The first-order valence-corrected chi connectivity index (χ1v) is 5.57. The van der Waals surface area contributed by atoms with Crippen molar-refractivity contribution in [3.8, 4) is 0 Å². The molecule has 17 heavy (non-hydrogen) atoms. The zero-order valence-electron chi connectivity index (χ0n) is 8.80. The van der Waals surface area contributed by atoms with Gasteiger partial charge in [-0.25, -0.2) is 15.0 Å². The van der Waals surface area contributed by atoms with Crippen LogP contribution in [0.2, 0.25) is 0 Å². The first kappa shape index (κ1) is 10.0. The highest BCUT2D eigenvalue weighted by atomic mass is 32.2. The van der Waals surface area contributed by atoms with Crippen molar-refractivity contribution in [3.05, 3.63) is 12.2 Å². The number of nitrogens with two attached hydrogens (primary N) is 1. The van der Waals surface area contributed by atoms with Crippen LogP contribution in [0, 0.1) is 6.92 Å². The number of H-pyrrole nitrogens is 2. The van der Waals surface area contributed by atoms with Crippen molar-refractivity contribution in [2.75, 3.05) is 5.73 Å². The summed E-state index contributed by atoms with van der Waals surface area (Å²) in [6.07, 6.45) is 1.55. The van der Waals surface area contributed by atoms with Gasteiger partial charge in [-0.05, 0) is 18.7 Å². The van der Waals surface area contributed by atoms with Crippen LogP contribution in [0.5, 0.6) is 0 Å². The molecule has 9 heteroatoms. The minimum absolute atomic E-state index is 0.180. The average Bonchev–Trinajstić information content (AvgIpc) is 2.87. The largest absolute Gasteiger partial charge is 0.368 e. The molecule has 0 saturated heterocycles. The Morgan fingerprint density at radius 1 is 1.29 bits per heavy atom. The van der Waals surface area contributed by atoms with Crippen molar-refractivity contribution in [2.24, 2.45) is 0 Å². The molecule has 4 N–H and O–H groups in total. The van der Waals surface area contributed by atoms with E-state index in [4.69, 9.17) is 5.73 Å². The number of fused-ring (bicyclic) bond motifs is 1. The minimum Gasteiger partial charge on any atom is -0.368 e. The number of nitrogens with zero attached hydrogens (tertiary/aromatic N) is 5. The second-order valence-corrected chi connectivity index (χ2v) is 4.25. The van der Waals surface area contributed by atoms with E-state index in [1.807, 2.05) is 6.92 Å². The summed E-state index contributed by atoms with van der Waals surface area (Å²) in [5.74, 6) is 0.926. The fraction of sp³-hybridized carbons (Fsp3) is 0.125. The fourth-order valence-electron chi connectivity index (χ4n) is 1.35. The molecule has 0 aliphatic rings. The van der Waals surface area contributed by atoms with Crippen LogP contribution in [0.25, 0.3) is 11.2 Å². The summed E-state index contributed by atoms with van der Waals surface area (Å²) >= 11 is 1.30. The molecule has 0 radical (unpaired) electrons. The number of aromatic nitrogens is 7. The van der Waals surface area contributed by atoms with Gasteiger partial charge in [0.2, 0.25) is 11.1 Å². The lowest BCUT2D eigenvalue weighted by molar-refractivity contribution is 0.964. The lowest BCUT2D eigenvalue weighted by atomic mass is 10.5. The number of aryl methyl sites for hydroxylation is 1. The van der Waals surface area contributed by atoms with Crippen LogP contribution in [0.1, 0.15) is 5.82 Å². The Balaban J connectivity index is 2.07. The van der Waals surface area contributed by atoms with Gasteiger partial charge >= 0.3 is 0 Å². The van der Waals surface area contributed by atoms with Crippen molar-refractivity contribution in [2.45, 2.75) is 17.1 Å². The molecule has 0 saturated carbocycles. The Bertz CT molecular complexity index is 671. The Labute approximate surface area is 99.5 Å². The molecular weight excluding hydrogens is 240 g/mol. The number of aromatic amines is 2. The zero-order chi connectivity index (χ0) is 11.8. The summed E-state index contributed by atoms with van der Waals surface area (Å²) < 4.78 is 0. The summed E-state index contributed by atoms with van der Waals surface area (Å²) in [6, 6.07) is 0. The lowest BCUT2D eigenvalue weighted by Crippen LogP contribution is -1.97. The molecule has 3 heterocycles. The first-order chi connectivity index (χ1) is 8.22. The van der Waals surface area contributed by atoms with E-state index >= 15 is 0 Å². The Kier molecular flexibility index (Phi) is 2.18. The van der Waals surface area contributed by atoms with Gasteiger partial charge in [0.1, 0.15) is 16.4 Å². The Morgan fingerprint density at radius 2 is 2.18 bits per heavy atom. The van der Waals surface area contributed by atoms with Gasteiger partial charge in [0.05, 0.1) is 6.33 Å². The summed E-state index contributed by atoms with van der Waals surface area (Å²) in [5.41, 5.74) is 6.87. The maximum Gasteiger partial charge on any atom is 0.223 e. The molecule has 3 aromatic heterocycles. The molecule has 8 nitrogen and oxygen atoms in total. The third-order valence-electron chi connectivity index (χ3n) is 2.03. The minimum atomic E-state index is 0.180. The van der Waals surface area contributed by atoms with Crippen molar-refractivity contribution < 1.29 is 0 Å². The molecule has 0 bridgehead atoms. The molecule has 0 amide bonds. The smallest absolute Gasteiger partial charge is 0.223 e. The highest BCUT2D eigenvalue weighted by Gasteiger charge is 2.12. The molecule has 0 aliphatic heterocycles. The van der Waals surface area contributed by atoms with Gasteiger partial charge in [-0.2, -0.15) is 4.98 Å². The molecule has 86 valence electrons. The van der Waals surface area contributed by atoms with Crippen LogP contribution < -0.4 is 5.73 Å². The van der Waals surface area contributed by atoms with Crippen LogP contribution in [-0.4, -0.2) is 35.1 Å².